The van der Waals surface area contributed by atoms with Crippen LogP contribution >= 0.6 is 0 Å². The Kier molecular flexibility index (Phi) is 4.86. The van der Waals surface area contributed by atoms with E-state index in [1.54, 1.807) is 20.8 Å². The molecular formula is C11H17NO3. The van der Waals surface area contributed by atoms with Gasteiger partial charge in [-0.15, -0.1) is 12.3 Å². The van der Waals surface area contributed by atoms with Crippen LogP contribution in [0.1, 0.15) is 33.6 Å². The lowest BCUT2D eigenvalue weighted by Gasteiger charge is -2.27. The smallest absolute Gasteiger partial charge is 0.326 e. The van der Waals surface area contributed by atoms with Crippen LogP contribution in [0.3, 0.4) is 0 Å². The molecule has 0 saturated heterocycles. The molecule has 15 heavy (non-hydrogen) atoms. The molecule has 4 nitrogen and oxygen atoms in total. The minimum absolute atomic E-state index is 0.163. The third kappa shape index (κ3) is 5.06. The van der Waals surface area contributed by atoms with Gasteiger partial charge in [-0.25, -0.2) is 4.79 Å². The molecule has 2 N–H and O–H groups in total. The monoisotopic (exact) mass is 211 g/mol. The van der Waals surface area contributed by atoms with Crippen molar-refractivity contribution in [3.05, 3.63) is 0 Å². The fourth-order valence-corrected chi connectivity index (χ4v) is 1.07. The van der Waals surface area contributed by atoms with Gasteiger partial charge in [0, 0.05) is 12.8 Å². The van der Waals surface area contributed by atoms with Gasteiger partial charge in [0.15, 0.2) is 0 Å². The van der Waals surface area contributed by atoms with Gasteiger partial charge in [0.25, 0.3) is 0 Å². The maximum Gasteiger partial charge on any atom is 0.326 e. The van der Waals surface area contributed by atoms with Crippen LogP contribution < -0.4 is 5.32 Å². The zero-order valence-corrected chi connectivity index (χ0v) is 9.33. The average molecular weight is 211 g/mol. The van der Waals surface area contributed by atoms with Crippen LogP contribution in [0.15, 0.2) is 0 Å². The van der Waals surface area contributed by atoms with E-state index in [1.165, 1.54) is 0 Å². The van der Waals surface area contributed by atoms with Crippen molar-refractivity contribution in [2.45, 2.75) is 39.7 Å². The molecule has 0 aromatic rings. The van der Waals surface area contributed by atoms with Gasteiger partial charge in [-0.3, -0.25) is 4.79 Å². The molecule has 0 bridgehead atoms. The van der Waals surface area contributed by atoms with Gasteiger partial charge in [-0.2, -0.15) is 0 Å². The fraction of sp³-hybridized carbons (Fsp3) is 0.636. The highest BCUT2D eigenvalue weighted by molar-refractivity contribution is 5.84. The summed E-state index contributed by atoms with van der Waals surface area (Å²) in [5, 5.41) is 11.4. The first kappa shape index (κ1) is 13.5. The Morgan fingerprint density at radius 3 is 2.33 bits per heavy atom. The standard InChI is InChI=1S/C11H17NO3/c1-5-6-7-8(13)12-9(10(14)15)11(2,3)4/h1,9H,6-7H2,2-4H3,(H,12,13)(H,14,15)/t9-/m1/s1. The highest BCUT2D eigenvalue weighted by atomic mass is 16.4. The lowest BCUT2D eigenvalue weighted by molar-refractivity contribution is -0.144. The van der Waals surface area contributed by atoms with Gasteiger partial charge >= 0.3 is 5.97 Å². The van der Waals surface area contributed by atoms with E-state index in [0.29, 0.717) is 6.42 Å². The molecule has 0 heterocycles. The summed E-state index contributed by atoms with van der Waals surface area (Å²) in [7, 11) is 0. The van der Waals surface area contributed by atoms with Crippen molar-refractivity contribution in [3.63, 3.8) is 0 Å². The van der Waals surface area contributed by atoms with Crippen molar-refractivity contribution in [1.29, 1.82) is 0 Å². The summed E-state index contributed by atoms with van der Waals surface area (Å²) < 4.78 is 0. The summed E-state index contributed by atoms with van der Waals surface area (Å²) in [5.74, 6) is 0.977. The minimum atomic E-state index is -1.03. The Morgan fingerprint density at radius 2 is 2.00 bits per heavy atom. The highest BCUT2D eigenvalue weighted by Gasteiger charge is 2.32. The van der Waals surface area contributed by atoms with Crippen LogP contribution in [0.2, 0.25) is 0 Å². The number of carboxylic acid groups (broad SMARTS) is 1. The van der Waals surface area contributed by atoms with Crippen molar-refractivity contribution in [2.75, 3.05) is 0 Å². The Morgan fingerprint density at radius 1 is 1.47 bits per heavy atom. The molecule has 0 rings (SSSR count). The van der Waals surface area contributed by atoms with E-state index in [0.717, 1.165) is 0 Å². The van der Waals surface area contributed by atoms with Crippen molar-refractivity contribution in [2.24, 2.45) is 5.41 Å². The van der Waals surface area contributed by atoms with Gasteiger partial charge in [0.2, 0.25) is 5.91 Å². The zero-order chi connectivity index (χ0) is 12.1. The molecule has 0 aliphatic carbocycles. The third-order valence-corrected chi connectivity index (χ3v) is 1.91. The molecule has 0 aromatic heterocycles. The molecule has 0 radical (unpaired) electrons. The number of terminal acetylenes is 1. The van der Waals surface area contributed by atoms with Crippen LogP contribution in [0, 0.1) is 17.8 Å². The first-order valence-corrected chi connectivity index (χ1v) is 4.74. The van der Waals surface area contributed by atoms with Crippen molar-refractivity contribution in [1.82, 2.24) is 5.32 Å². The van der Waals surface area contributed by atoms with E-state index >= 15 is 0 Å². The Balaban J connectivity index is 4.39. The van der Waals surface area contributed by atoms with Crippen LogP contribution in [0.5, 0.6) is 0 Å². The topological polar surface area (TPSA) is 66.4 Å². The van der Waals surface area contributed by atoms with E-state index in [-0.39, 0.29) is 12.3 Å². The fourth-order valence-electron chi connectivity index (χ4n) is 1.07. The second kappa shape index (κ2) is 5.40. The van der Waals surface area contributed by atoms with E-state index in [1.807, 2.05) is 0 Å². The quantitative estimate of drug-likeness (QED) is 0.682. The molecule has 0 spiro atoms. The molecule has 0 fully saturated rings. The summed E-state index contributed by atoms with van der Waals surface area (Å²) >= 11 is 0. The molecule has 0 aromatic carbocycles. The molecule has 1 amide bonds. The molecule has 0 unspecified atom stereocenters. The first-order chi connectivity index (χ1) is 6.79. The number of hydrogen-bond donors (Lipinski definition) is 2. The van der Waals surface area contributed by atoms with Crippen LogP contribution in [-0.4, -0.2) is 23.0 Å². The molecule has 4 heteroatoms. The van der Waals surface area contributed by atoms with Crippen LogP contribution in [0.4, 0.5) is 0 Å². The SMILES string of the molecule is C#CCCC(=O)N[C@H](C(=O)O)C(C)(C)C. The minimum Gasteiger partial charge on any atom is -0.480 e. The predicted molar refractivity (Wildman–Crippen MR) is 57.1 cm³/mol. The van der Waals surface area contributed by atoms with Gasteiger partial charge < -0.3 is 10.4 Å². The Labute approximate surface area is 90.1 Å². The van der Waals surface area contributed by atoms with Crippen LogP contribution in [0.25, 0.3) is 0 Å². The Bertz CT molecular complexity index is 283. The van der Waals surface area contributed by atoms with E-state index in [2.05, 4.69) is 11.2 Å². The molecule has 0 aliphatic heterocycles. The number of nitrogens with one attached hydrogen (secondary N) is 1. The maximum atomic E-state index is 11.3. The van der Waals surface area contributed by atoms with Crippen molar-refractivity contribution >= 4 is 11.9 Å². The number of carbonyl (C=O) groups is 2. The summed E-state index contributed by atoms with van der Waals surface area (Å²) in [6.07, 6.45) is 5.49. The summed E-state index contributed by atoms with van der Waals surface area (Å²) in [5.41, 5.74) is -0.516. The van der Waals surface area contributed by atoms with Gasteiger partial charge in [-0.05, 0) is 5.41 Å². The molecule has 84 valence electrons. The number of carbonyl (C=O) groups excluding carboxylic acids is 1. The lowest BCUT2D eigenvalue weighted by Crippen LogP contribution is -2.49. The Hall–Kier alpha value is -1.50. The van der Waals surface area contributed by atoms with Gasteiger partial charge in [0.1, 0.15) is 6.04 Å². The van der Waals surface area contributed by atoms with Crippen molar-refractivity contribution in [3.8, 4) is 12.3 Å². The highest BCUT2D eigenvalue weighted by Crippen LogP contribution is 2.19. The van der Waals surface area contributed by atoms with Crippen molar-refractivity contribution < 1.29 is 14.7 Å². The van der Waals surface area contributed by atoms with E-state index in [4.69, 9.17) is 11.5 Å². The predicted octanol–water partition coefficient (Wildman–Crippen LogP) is 1.02. The normalized spacial score (nSPS) is 12.7. The molecule has 0 aliphatic rings. The summed E-state index contributed by atoms with van der Waals surface area (Å²) in [6, 6.07) is -0.886. The average Bonchev–Trinajstić information content (AvgIpc) is 2.08. The number of rotatable bonds is 4. The zero-order valence-electron chi connectivity index (χ0n) is 9.33. The van der Waals surface area contributed by atoms with Gasteiger partial charge in [0.05, 0.1) is 0 Å². The number of hydrogen-bond acceptors (Lipinski definition) is 2. The maximum absolute atomic E-state index is 11.3. The van der Waals surface area contributed by atoms with E-state index in [9.17, 15) is 9.59 Å². The first-order valence-electron chi connectivity index (χ1n) is 4.74. The number of carboxylic acids is 1. The largest absolute Gasteiger partial charge is 0.480 e. The molecular weight excluding hydrogens is 194 g/mol. The summed E-state index contributed by atoms with van der Waals surface area (Å²) in [6.45, 7) is 5.27. The third-order valence-electron chi connectivity index (χ3n) is 1.91. The number of amides is 1. The summed E-state index contributed by atoms with van der Waals surface area (Å²) in [4.78, 5) is 22.2. The number of aliphatic carboxylic acids is 1. The van der Waals surface area contributed by atoms with Crippen LogP contribution in [-0.2, 0) is 9.59 Å². The molecule has 1 atom stereocenters. The van der Waals surface area contributed by atoms with Gasteiger partial charge in [-0.1, -0.05) is 20.8 Å². The van der Waals surface area contributed by atoms with E-state index < -0.39 is 17.4 Å². The second-order valence-corrected chi connectivity index (χ2v) is 4.41. The molecule has 0 saturated carbocycles. The lowest BCUT2D eigenvalue weighted by atomic mass is 9.86. The second-order valence-electron chi connectivity index (χ2n) is 4.41.